The van der Waals surface area contributed by atoms with Crippen molar-refractivity contribution in [3.05, 3.63) is 58.6 Å². The van der Waals surface area contributed by atoms with Crippen molar-refractivity contribution in [3.8, 4) is 5.75 Å². The molecule has 0 aliphatic carbocycles. The smallest absolute Gasteiger partial charge is 0.259 e. The number of nitrogens with two attached hydrogens (primary N) is 1. The summed E-state index contributed by atoms with van der Waals surface area (Å²) in [7, 11) is 0. The van der Waals surface area contributed by atoms with Crippen LogP contribution in [0, 0.1) is 0 Å². The molecule has 3 heterocycles. The highest BCUT2D eigenvalue weighted by Crippen LogP contribution is 2.39. The van der Waals surface area contributed by atoms with Crippen LogP contribution in [0.3, 0.4) is 0 Å². The lowest BCUT2D eigenvalue weighted by atomic mass is 9.95. The van der Waals surface area contributed by atoms with Gasteiger partial charge < -0.3 is 10.5 Å². The summed E-state index contributed by atoms with van der Waals surface area (Å²) in [6.07, 6.45) is 2.97. The van der Waals surface area contributed by atoms with Gasteiger partial charge in [0.2, 0.25) is 0 Å². The Morgan fingerprint density at radius 2 is 2.11 bits per heavy atom. The van der Waals surface area contributed by atoms with Crippen molar-refractivity contribution < 1.29 is 9.53 Å². The lowest BCUT2D eigenvalue weighted by molar-refractivity contribution is 0.100. The van der Waals surface area contributed by atoms with Gasteiger partial charge in [0.05, 0.1) is 11.0 Å². The van der Waals surface area contributed by atoms with Crippen molar-refractivity contribution >= 4 is 27.5 Å². The van der Waals surface area contributed by atoms with E-state index in [0.717, 1.165) is 47.6 Å². The van der Waals surface area contributed by atoms with Crippen LogP contribution in [0.4, 0.5) is 0 Å². The summed E-state index contributed by atoms with van der Waals surface area (Å²) in [5.74, 6) is 0.864. The van der Waals surface area contributed by atoms with Crippen LogP contribution >= 0.6 is 11.3 Å². The van der Waals surface area contributed by atoms with Gasteiger partial charge in [-0.2, -0.15) is 0 Å². The first-order valence-corrected chi connectivity index (χ1v) is 10.5. The summed E-state index contributed by atoms with van der Waals surface area (Å²) < 4.78 is 5.72. The zero-order valence-corrected chi connectivity index (χ0v) is 17.0. The first kappa shape index (κ1) is 18.9. The molecule has 0 radical (unpaired) electrons. The molecule has 146 valence electrons. The molecule has 1 fully saturated rings. The van der Waals surface area contributed by atoms with Gasteiger partial charge in [0.1, 0.15) is 10.6 Å². The Morgan fingerprint density at radius 3 is 2.82 bits per heavy atom. The Hall–Kier alpha value is -2.44. The third-order valence-corrected chi connectivity index (χ3v) is 6.25. The van der Waals surface area contributed by atoms with E-state index in [1.54, 1.807) is 6.20 Å². The van der Waals surface area contributed by atoms with E-state index < -0.39 is 0 Å². The molecule has 28 heavy (non-hydrogen) atoms. The maximum atomic E-state index is 12.0. The van der Waals surface area contributed by atoms with Gasteiger partial charge in [-0.25, -0.2) is 4.98 Å². The summed E-state index contributed by atoms with van der Waals surface area (Å²) >= 11 is 1.41. The quantitative estimate of drug-likeness (QED) is 0.680. The van der Waals surface area contributed by atoms with Crippen LogP contribution in [0.25, 0.3) is 10.2 Å². The number of carbonyl (C=O) groups is 1. The van der Waals surface area contributed by atoms with Gasteiger partial charge in [0.15, 0.2) is 0 Å². The fourth-order valence-electron chi connectivity index (χ4n) is 3.96. The molecule has 1 saturated heterocycles. The normalized spacial score (nSPS) is 17.5. The third-order valence-electron chi connectivity index (χ3n) is 5.11. The first-order chi connectivity index (χ1) is 13.5. The fourth-order valence-corrected chi connectivity index (χ4v) is 5.04. The van der Waals surface area contributed by atoms with E-state index >= 15 is 0 Å². The molecule has 0 bridgehead atoms. The van der Waals surface area contributed by atoms with Gasteiger partial charge in [-0.05, 0) is 56.1 Å². The number of ether oxygens (including phenoxy) is 1. The number of amides is 1. The topological polar surface area (TPSA) is 68.5 Å². The largest absolute Gasteiger partial charge is 0.491 e. The average molecular weight is 396 g/mol. The van der Waals surface area contributed by atoms with Gasteiger partial charge in [-0.3, -0.25) is 9.69 Å². The van der Waals surface area contributed by atoms with E-state index in [1.165, 1.54) is 16.9 Å². The van der Waals surface area contributed by atoms with Crippen LogP contribution in [-0.2, 0) is 6.54 Å². The monoisotopic (exact) mass is 395 g/mol. The minimum absolute atomic E-state index is 0.180. The van der Waals surface area contributed by atoms with Gasteiger partial charge in [-0.15, -0.1) is 11.3 Å². The summed E-state index contributed by atoms with van der Waals surface area (Å²) in [6.45, 7) is 6.88. The number of benzene rings is 1. The van der Waals surface area contributed by atoms with E-state index in [0.29, 0.717) is 10.8 Å². The molecule has 1 amide bonds. The number of likely N-dealkylation sites (tertiary alicyclic amines) is 1. The molecule has 4 rings (SSSR count). The number of hydrogen-bond donors (Lipinski definition) is 1. The highest BCUT2D eigenvalue weighted by Gasteiger charge is 2.30. The maximum absolute atomic E-state index is 12.0. The van der Waals surface area contributed by atoms with Gasteiger partial charge >= 0.3 is 0 Å². The number of thiophene rings is 1. The minimum Gasteiger partial charge on any atom is -0.491 e. The number of nitrogens with zero attached hydrogens (tertiary/aromatic N) is 2. The molecule has 1 atom stereocenters. The van der Waals surface area contributed by atoms with Crippen molar-refractivity contribution in [2.24, 2.45) is 5.73 Å². The Bertz CT molecular complexity index is 981. The van der Waals surface area contributed by atoms with Crippen molar-refractivity contribution in [2.75, 3.05) is 13.1 Å². The van der Waals surface area contributed by atoms with Gasteiger partial charge in [-0.1, -0.05) is 18.2 Å². The van der Waals surface area contributed by atoms with Crippen molar-refractivity contribution in [1.82, 2.24) is 9.88 Å². The van der Waals surface area contributed by atoms with Crippen molar-refractivity contribution in [3.63, 3.8) is 0 Å². The first-order valence-electron chi connectivity index (χ1n) is 9.66. The SMILES string of the molecule is CC(C)Oc1ccc(CN2CC[C@@H](c3c(C(N)=O)sc4ncccc34)C2)cc1. The molecule has 0 saturated carbocycles. The van der Waals surface area contributed by atoms with Crippen LogP contribution in [0.5, 0.6) is 5.75 Å². The third kappa shape index (κ3) is 3.88. The van der Waals surface area contributed by atoms with E-state index in [4.69, 9.17) is 10.5 Å². The van der Waals surface area contributed by atoms with Gasteiger partial charge in [0, 0.05) is 30.6 Å². The molecule has 5 nitrogen and oxygen atoms in total. The lowest BCUT2D eigenvalue weighted by Crippen LogP contribution is -2.20. The summed E-state index contributed by atoms with van der Waals surface area (Å²) in [4.78, 5) is 20.4. The summed E-state index contributed by atoms with van der Waals surface area (Å²) in [5, 5.41) is 1.07. The van der Waals surface area contributed by atoms with E-state index in [2.05, 4.69) is 28.1 Å². The second kappa shape index (κ2) is 7.89. The Balaban J connectivity index is 1.50. The van der Waals surface area contributed by atoms with Crippen LogP contribution in [0.2, 0.25) is 0 Å². The number of pyridine rings is 1. The number of aromatic nitrogens is 1. The average Bonchev–Trinajstić information content (AvgIpc) is 3.27. The lowest BCUT2D eigenvalue weighted by Gasteiger charge is -2.17. The predicted molar refractivity (Wildman–Crippen MR) is 113 cm³/mol. The van der Waals surface area contributed by atoms with Crippen LogP contribution in [-0.4, -0.2) is 35.0 Å². The van der Waals surface area contributed by atoms with Crippen LogP contribution in [0.15, 0.2) is 42.6 Å². The summed E-state index contributed by atoms with van der Waals surface area (Å²) in [5.41, 5.74) is 8.03. The Labute approximate surface area is 169 Å². The molecule has 1 aliphatic rings. The minimum atomic E-state index is -0.350. The molecule has 1 aliphatic heterocycles. The standard InChI is InChI=1S/C22H25N3O2S/c1-14(2)27-17-7-5-15(6-8-17)12-25-11-9-16(13-25)19-18-4-3-10-24-22(18)28-20(19)21(23)26/h3-8,10,14,16H,9,11-13H2,1-2H3,(H2,23,26)/t16-/m1/s1. The van der Waals surface area contributed by atoms with Crippen molar-refractivity contribution in [1.29, 1.82) is 0 Å². The fraction of sp³-hybridized carbons (Fsp3) is 0.364. The molecule has 1 aromatic carbocycles. The van der Waals surface area contributed by atoms with E-state index in [9.17, 15) is 4.79 Å². The predicted octanol–water partition coefficient (Wildman–Crippen LogP) is 4.17. The zero-order chi connectivity index (χ0) is 19.7. The van der Waals surface area contributed by atoms with Crippen LogP contribution < -0.4 is 10.5 Å². The number of fused-ring (bicyclic) bond motifs is 1. The molecule has 3 aromatic rings. The zero-order valence-electron chi connectivity index (χ0n) is 16.2. The number of primary amides is 1. The summed E-state index contributed by atoms with van der Waals surface area (Å²) in [6, 6.07) is 12.3. The maximum Gasteiger partial charge on any atom is 0.259 e. The molecular formula is C22H25N3O2S. The second-order valence-corrected chi connectivity index (χ2v) is 8.60. The van der Waals surface area contributed by atoms with E-state index in [-0.39, 0.29) is 12.0 Å². The molecular weight excluding hydrogens is 370 g/mol. The molecule has 2 N–H and O–H groups in total. The molecule has 0 unspecified atom stereocenters. The Morgan fingerprint density at radius 1 is 1.32 bits per heavy atom. The van der Waals surface area contributed by atoms with Crippen molar-refractivity contribution in [2.45, 2.75) is 38.8 Å². The second-order valence-electron chi connectivity index (χ2n) is 7.60. The highest BCUT2D eigenvalue weighted by molar-refractivity contribution is 7.20. The highest BCUT2D eigenvalue weighted by atomic mass is 32.1. The molecule has 2 aromatic heterocycles. The number of carbonyl (C=O) groups excluding carboxylic acids is 1. The van der Waals surface area contributed by atoms with Gasteiger partial charge in [0.25, 0.3) is 5.91 Å². The Kier molecular flexibility index (Phi) is 5.33. The number of rotatable bonds is 6. The molecule has 6 heteroatoms. The number of hydrogen-bond acceptors (Lipinski definition) is 5. The molecule has 0 spiro atoms. The van der Waals surface area contributed by atoms with E-state index in [1.807, 2.05) is 32.0 Å². The van der Waals surface area contributed by atoms with Crippen LogP contribution in [0.1, 0.15) is 47.0 Å².